The minimum absolute atomic E-state index is 0.213. The third-order valence-electron chi connectivity index (χ3n) is 4.10. The number of carbonyl (C=O) groups excluding carboxylic acids is 1. The number of hydrogen-bond acceptors (Lipinski definition) is 5. The van der Waals surface area contributed by atoms with Crippen molar-refractivity contribution in [2.75, 3.05) is 12.0 Å². The molecule has 0 aliphatic heterocycles. The van der Waals surface area contributed by atoms with E-state index in [4.69, 9.17) is 9.15 Å². The Kier molecular flexibility index (Phi) is 4.19. The maximum absolute atomic E-state index is 12.0. The van der Waals surface area contributed by atoms with Gasteiger partial charge in [-0.3, -0.25) is 4.79 Å². The summed E-state index contributed by atoms with van der Waals surface area (Å²) >= 11 is 0. The number of furan rings is 1. The van der Waals surface area contributed by atoms with E-state index in [0.29, 0.717) is 5.75 Å². The Morgan fingerprint density at radius 3 is 2.78 bits per heavy atom. The third kappa shape index (κ3) is 3.58. The summed E-state index contributed by atoms with van der Waals surface area (Å²) in [6.07, 6.45) is 5.31. The minimum Gasteiger partial charge on any atom is -0.461 e. The number of ether oxygens (including phenoxy) is 1. The first-order valence-corrected chi connectivity index (χ1v) is 9.83. The van der Waals surface area contributed by atoms with E-state index in [9.17, 15) is 13.2 Å². The molecular formula is C17H20O5S. The van der Waals surface area contributed by atoms with E-state index in [-0.39, 0.29) is 5.75 Å². The van der Waals surface area contributed by atoms with E-state index in [2.05, 4.69) is 0 Å². The van der Waals surface area contributed by atoms with Crippen LogP contribution in [0.3, 0.4) is 0 Å². The van der Waals surface area contributed by atoms with E-state index in [1.54, 1.807) is 19.1 Å². The molecule has 1 atom stereocenters. The van der Waals surface area contributed by atoms with Crippen LogP contribution >= 0.6 is 0 Å². The molecule has 0 saturated carbocycles. The summed E-state index contributed by atoms with van der Waals surface area (Å²) in [5.41, 5.74) is 2.01. The van der Waals surface area contributed by atoms with Gasteiger partial charge in [-0.15, -0.1) is 0 Å². The molecule has 124 valence electrons. The van der Waals surface area contributed by atoms with Crippen LogP contribution in [0.15, 0.2) is 22.6 Å². The standard InChI is InChI=1S/C17H20O5S/c1-11(10-23(2,19)20)17(18)21-12-7-8-16-14(9-12)13-5-3-4-6-15(13)22-16/h7-9,11H,3-6,10H2,1-2H3. The predicted octanol–water partition coefficient (Wildman–Crippen LogP) is 2.90. The normalized spacial score (nSPS) is 16.1. The summed E-state index contributed by atoms with van der Waals surface area (Å²) in [4.78, 5) is 12.0. The van der Waals surface area contributed by atoms with E-state index in [0.717, 1.165) is 48.7 Å². The van der Waals surface area contributed by atoms with Crippen molar-refractivity contribution in [3.63, 3.8) is 0 Å². The van der Waals surface area contributed by atoms with Crippen LogP contribution in [0.25, 0.3) is 11.0 Å². The lowest BCUT2D eigenvalue weighted by molar-refractivity contribution is -0.137. The average molecular weight is 336 g/mol. The first-order valence-electron chi connectivity index (χ1n) is 7.77. The molecule has 0 amide bonds. The summed E-state index contributed by atoms with van der Waals surface area (Å²) in [7, 11) is -3.21. The topological polar surface area (TPSA) is 73.6 Å². The van der Waals surface area contributed by atoms with Gasteiger partial charge < -0.3 is 9.15 Å². The molecule has 6 heteroatoms. The zero-order chi connectivity index (χ0) is 16.6. The molecule has 0 N–H and O–H groups in total. The molecule has 1 aromatic heterocycles. The highest BCUT2D eigenvalue weighted by atomic mass is 32.2. The minimum atomic E-state index is -3.21. The monoisotopic (exact) mass is 336 g/mol. The van der Waals surface area contributed by atoms with Gasteiger partial charge >= 0.3 is 5.97 Å². The molecule has 3 rings (SSSR count). The number of hydrogen-bond donors (Lipinski definition) is 0. The summed E-state index contributed by atoms with van der Waals surface area (Å²) in [5, 5.41) is 0.987. The highest BCUT2D eigenvalue weighted by Gasteiger charge is 2.22. The Balaban J connectivity index is 1.82. The van der Waals surface area contributed by atoms with Gasteiger partial charge in [0.05, 0.1) is 11.7 Å². The lowest BCUT2D eigenvalue weighted by Gasteiger charge is -2.11. The molecule has 1 aliphatic carbocycles. The van der Waals surface area contributed by atoms with Crippen molar-refractivity contribution < 1.29 is 22.4 Å². The largest absolute Gasteiger partial charge is 0.461 e. The van der Waals surface area contributed by atoms with E-state index < -0.39 is 21.7 Å². The molecule has 1 aliphatic rings. The zero-order valence-corrected chi connectivity index (χ0v) is 14.1. The number of rotatable bonds is 4. The fraction of sp³-hybridized carbons (Fsp3) is 0.471. The smallest absolute Gasteiger partial charge is 0.315 e. The van der Waals surface area contributed by atoms with Crippen LogP contribution in [-0.2, 0) is 27.5 Å². The number of sulfone groups is 1. The van der Waals surface area contributed by atoms with Gasteiger partial charge in [-0.1, -0.05) is 6.92 Å². The molecule has 1 aromatic carbocycles. The quantitative estimate of drug-likeness (QED) is 0.634. The molecule has 0 radical (unpaired) electrons. The van der Waals surface area contributed by atoms with E-state index >= 15 is 0 Å². The molecule has 5 nitrogen and oxygen atoms in total. The lowest BCUT2D eigenvalue weighted by Crippen LogP contribution is -2.24. The molecule has 0 fully saturated rings. The Morgan fingerprint density at radius 2 is 2.04 bits per heavy atom. The van der Waals surface area contributed by atoms with Crippen LogP contribution in [0.5, 0.6) is 5.75 Å². The van der Waals surface area contributed by atoms with Gasteiger partial charge in [0, 0.05) is 23.6 Å². The number of benzene rings is 1. The van der Waals surface area contributed by atoms with E-state index in [1.165, 1.54) is 5.56 Å². The first-order chi connectivity index (χ1) is 10.8. The molecule has 1 heterocycles. The fourth-order valence-electron chi connectivity index (χ4n) is 3.04. The molecule has 0 saturated heterocycles. The van der Waals surface area contributed by atoms with Crippen LogP contribution in [0.2, 0.25) is 0 Å². The van der Waals surface area contributed by atoms with Gasteiger partial charge in [-0.2, -0.15) is 0 Å². The maximum Gasteiger partial charge on any atom is 0.315 e. The van der Waals surface area contributed by atoms with Gasteiger partial charge in [-0.25, -0.2) is 8.42 Å². The van der Waals surface area contributed by atoms with Crippen LogP contribution in [0.4, 0.5) is 0 Å². The van der Waals surface area contributed by atoms with E-state index in [1.807, 2.05) is 6.07 Å². The van der Waals surface area contributed by atoms with Crippen molar-refractivity contribution in [3.05, 3.63) is 29.5 Å². The van der Waals surface area contributed by atoms with Crippen molar-refractivity contribution in [2.24, 2.45) is 5.92 Å². The second-order valence-corrected chi connectivity index (χ2v) is 8.47. The molecule has 0 spiro atoms. The Morgan fingerprint density at radius 1 is 1.30 bits per heavy atom. The second kappa shape index (κ2) is 6.00. The highest BCUT2D eigenvalue weighted by molar-refractivity contribution is 7.90. The molecule has 0 bridgehead atoms. The van der Waals surface area contributed by atoms with Crippen molar-refractivity contribution >= 4 is 26.8 Å². The van der Waals surface area contributed by atoms with Crippen LogP contribution < -0.4 is 4.74 Å². The van der Waals surface area contributed by atoms with Crippen molar-refractivity contribution in [1.82, 2.24) is 0 Å². The van der Waals surface area contributed by atoms with Crippen molar-refractivity contribution in [2.45, 2.75) is 32.6 Å². The van der Waals surface area contributed by atoms with Crippen molar-refractivity contribution in [3.8, 4) is 5.75 Å². The van der Waals surface area contributed by atoms with Gasteiger partial charge in [0.1, 0.15) is 26.9 Å². The number of aryl methyl sites for hydroxylation is 2. The van der Waals surface area contributed by atoms with Crippen LogP contribution in [0.1, 0.15) is 31.1 Å². The maximum atomic E-state index is 12.0. The van der Waals surface area contributed by atoms with Crippen LogP contribution in [-0.4, -0.2) is 26.4 Å². The van der Waals surface area contributed by atoms with Gasteiger partial charge in [0.15, 0.2) is 0 Å². The molecule has 23 heavy (non-hydrogen) atoms. The summed E-state index contributed by atoms with van der Waals surface area (Å²) in [6, 6.07) is 5.30. The lowest BCUT2D eigenvalue weighted by atomic mass is 9.96. The van der Waals surface area contributed by atoms with Crippen molar-refractivity contribution in [1.29, 1.82) is 0 Å². The average Bonchev–Trinajstić information content (AvgIpc) is 2.83. The second-order valence-electron chi connectivity index (χ2n) is 6.28. The van der Waals surface area contributed by atoms with Gasteiger partial charge in [0.2, 0.25) is 0 Å². The summed E-state index contributed by atoms with van der Waals surface area (Å²) in [5.74, 6) is 0.0122. The SMILES string of the molecule is CC(CS(C)(=O)=O)C(=O)Oc1ccc2oc3c(c2c1)CCCC3. The molecule has 2 aromatic rings. The van der Waals surface area contributed by atoms with Crippen LogP contribution in [0, 0.1) is 5.92 Å². The predicted molar refractivity (Wildman–Crippen MR) is 87.4 cm³/mol. The summed E-state index contributed by atoms with van der Waals surface area (Å²) in [6.45, 7) is 1.56. The first kappa shape index (κ1) is 16.1. The number of carbonyl (C=O) groups is 1. The number of fused-ring (bicyclic) bond motifs is 3. The van der Waals surface area contributed by atoms with Gasteiger partial charge in [0.25, 0.3) is 0 Å². The zero-order valence-electron chi connectivity index (χ0n) is 13.3. The molecule has 1 unspecified atom stereocenters. The molecular weight excluding hydrogens is 316 g/mol. The van der Waals surface area contributed by atoms with Gasteiger partial charge in [-0.05, 0) is 37.5 Å². The third-order valence-corrected chi connectivity index (χ3v) is 5.21. The fourth-order valence-corrected chi connectivity index (χ4v) is 4.09. The number of esters is 1. The Hall–Kier alpha value is -1.82. The summed E-state index contributed by atoms with van der Waals surface area (Å²) < 4.78 is 33.7. The highest BCUT2D eigenvalue weighted by Crippen LogP contribution is 2.34. The Bertz CT molecular complexity index is 847. The Labute approximate surface area is 135 Å².